The maximum absolute atomic E-state index is 11.7. The molecule has 19 heavy (non-hydrogen) atoms. The number of ketones is 1. The predicted molar refractivity (Wildman–Crippen MR) is 80.8 cm³/mol. The van der Waals surface area contributed by atoms with E-state index in [0.717, 1.165) is 19.3 Å². The van der Waals surface area contributed by atoms with Crippen LogP contribution in [0.15, 0.2) is 30.3 Å². The van der Waals surface area contributed by atoms with Crippen LogP contribution in [0.2, 0.25) is 19.6 Å². The number of hydrogen-bond donors (Lipinski definition) is 0. The van der Waals surface area contributed by atoms with Gasteiger partial charge in [-0.3, -0.25) is 4.79 Å². The summed E-state index contributed by atoms with van der Waals surface area (Å²) in [4.78, 5) is 11.7. The fourth-order valence-corrected chi connectivity index (χ4v) is 4.54. The molecule has 2 rings (SSSR count). The van der Waals surface area contributed by atoms with Crippen molar-refractivity contribution in [2.24, 2.45) is 5.92 Å². The van der Waals surface area contributed by atoms with Crippen molar-refractivity contribution in [3.63, 3.8) is 0 Å². The molecule has 1 aliphatic carbocycles. The van der Waals surface area contributed by atoms with E-state index in [4.69, 9.17) is 4.74 Å². The zero-order valence-electron chi connectivity index (χ0n) is 12.2. The summed E-state index contributed by atoms with van der Waals surface area (Å²) in [5, 5.41) is 0. The quantitative estimate of drug-likeness (QED) is 0.760. The van der Waals surface area contributed by atoms with Crippen LogP contribution in [0.4, 0.5) is 0 Å². The van der Waals surface area contributed by atoms with Crippen LogP contribution in [0.3, 0.4) is 0 Å². The Balaban J connectivity index is 2.05. The molecule has 3 heteroatoms. The van der Waals surface area contributed by atoms with Crippen molar-refractivity contribution in [3.8, 4) is 0 Å². The summed E-state index contributed by atoms with van der Waals surface area (Å²) in [6, 6.07) is 10.4. The third kappa shape index (κ3) is 3.77. The maximum Gasteiger partial charge on any atom is 0.138 e. The number of carbonyl (C=O) groups excluding carboxylic acids is 1. The molecule has 1 aliphatic rings. The number of Topliss-reactive ketones (excluding diaryl/α,β-unsaturated/α-hetero) is 1. The lowest BCUT2D eigenvalue weighted by Gasteiger charge is -2.30. The molecule has 0 radical (unpaired) electrons. The lowest BCUT2D eigenvalue weighted by molar-refractivity contribution is -0.122. The van der Waals surface area contributed by atoms with Gasteiger partial charge >= 0.3 is 0 Å². The first-order valence-corrected chi connectivity index (χ1v) is 10.8. The summed E-state index contributed by atoms with van der Waals surface area (Å²) >= 11 is 0. The van der Waals surface area contributed by atoms with Crippen molar-refractivity contribution in [1.29, 1.82) is 0 Å². The summed E-state index contributed by atoms with van der Waals surface area (Å²) in [7, 11) is -1.45. The number of carbonyl (C=O) groups is 1. The van der Waals surface area contributed by atoms with Gasteiger partial charge in [-0.2, -0.15) is 0 Å². The van der Waals surface area contributed by atoms with E-state index in [9.17, 15) is 4.79 Å². The number of hydrogen-bond acceptors (Lipinski definition) is 2. The molecule has 0 bridgehead atoms. The number of rotatable bonds is 5. The molecule has 0 amide bonds. The molecule has 0 heterocycles. The average molecular weight is 276 g/mol. The smallest absolute Gasteiger partial charge is 0.138 e. The summed E-state index contributed by atoms with van der Waals surface area (Å²) in [6.45, 7) is 7.56. The topological polar surface area (TPSA) is 26.3 Å². The Labute approximate surface area is 117 Å². The standard InChI is InChI=1S/C16H24O2Si/c1-19(2,3)16(13-8-5-4-6-9-13)18-12-14-10-7-11-15(14)17/h4-6,8-9,14,16H,7,10-12H2,1-3H3. The van der Waals surface area contributed by atoms with Crippen LogP contribution in [0, 0.1) is 5.92 Å². The third-order valence-electron chi connectivity index (χ3n) is 3.78. The molecular formula is C16H24O2Si. The van der Waals surface area contributed by atoms with E-state index >= 15 is 0 Å². The maximum atomic E-state index is 11.7. The molecule has 1 aromatic carbocycles. The van der Waals surface area contributed by atoms with Crippen LogP contribution in [-0.2, 0) is 9.53 Å². The molecular weight excluding hydrogens is 252 g/mol. The number of benzene rings is 1. The second-order valence-corrected chi connectivity index (χ2v) is 11.8. The molecule has 1 saturated carbocycles. The fourth-order valence-electron chi connectivity index (χ4n) is 2.75. The van der Waals surface area contributed by atoms with E-state index in [1.807, 2.05) is 6.07 Å². The number of ether oxygens (including phenoxy) is 1. The van der Waals surface area contributed by atoms with E-state index < -0.39 is 8.07 Å². The van der Waals surface area contributed by atoms with Crippen LogP contribution >= 0.6 is 0 Å². The summed E-state index contributed by atoms with van der Waals surface area (Å²) in [5.74, 6) is 0.532. The van der Waals surface area contributed by atoms with E-state index in [1.165, 1.54) is 5.56 Å². The van der Waals surface area contributed by atoms with Crippen molar-refractivity contribution >= 4 is 13.9 Å². The minimum atomic E-state index is -1.45. The third-order valence-corrected chi connectivity index (χ3v) is 5.86. The zero-order chi connectivity index (χ0) is 13.9. The molecule has 1 aromatic rings. The van der Waals surface area contributed by atoms with Gasteiger partial charge in [-0.15, -0.1) is 0 Å². The molecule has 2 atom stereocenters. The Morgan fingerprint density at radius 3 is 2.47 bits per heavy atom. The molecule has 1 fully saturated rings. The van der Waals surface area contributed by atoms with Gasteiger partial charge in [0.25, 0.3) is 0 Å². The fraction of sp³-hybridized carbons (Fsp3) is 0.562. The second kappa shape index (κ2) is 6.01. The minimum absolute atomic E-state index is 0.141. The molecule has 0 saturated heterocycles. The van der Waals surface area contributed by atoms with Gasteiger partial charge < -0.3 is 4.74 Å². The first-order valence-electron chi connectivity index (χ1n) is 7.18. The van der Waals surface area contributed by atoms with Gasteiger partial charge in [-0.1, -0.05) is 50.0 Å². The van der Waals surface area contributed by atoms with E-state index in [2.05, 4.69) is 43.9 Å². The largest absolute Gasteiger partial charge is 0.376 e. The van der Waals surface area contributed by atoms with Gasteiger partial charge in [0.15, 0.2) is 0 Å². The summed E-state index contributed by atoms with van der Waals surface area (Å²) < 4.78 is 6.19. The Kier molecular flexibility index (Phi) is 4.58. The molecule has 0 N–H and O–H groups in total. The van der Waals surface area contributed by atoms with Gasteiger partial charge in [-0.25, -0.2) is 0 Å². The highest BCUT2D eigenvalue weighted by atomic mass is 28.3. The minimum Gasteiger partial charge on any atom is -0.376 e. The summed E-state index contributed by atoms with van der Waals surface area (Å²) in [6.07, 6.45) is 2.79. The molecule has 2 nitrogen and oxygen atoms in total. The van der Waals surface area contributed by atoms with Crippen molar-refractivity contribution in [2.75, 3.05) is 6.61 Å². The van der Waals surface area contributed by atoms with E-state index in [1.54, 1.807) is 0 Å². The van der Waals surface area contributed by atoms with Crippen molar-refractivity contribution in [3.05, 3.63) is 35.9 Å². The van der Waals surface area contributed by atoms with Crippen molar-refractivity contribution < 1.29 is 9.53 Å². The first-order chi connectivity index (χ1) is 8.98. The average Bonchev–Trinajstić information content (AvgIpc) is 2.75. The van der Waals surface area contributed by atoms with Gasteiger partial charge in [0, 0.05) is 12.3 Å². The van der Waals surface area contributed by atoms with E-state index in [-0.39, 0.29) is 11.6 Å². The zero-order valence-corrected chi connectivity index (χ0v) is 13.2. The Bertz CT molecular complexity index is 422. The molecule has 104 valence electrons. The second-order valence-electron chi connectivity index (χ2n) is 6.55. The highest BCUT2D eigenvalue weighted by Gasteiger charge is 2.32. The van der Waals surface area contributed by atoms with Gasteiger partial charge in [0.05, 0.1) is 20.4 Å². The highest BCUT2D eigenvalue weighted by molar-refractivity contribution is 6.77. The lowest BCUT2D eigenvalue weighted by atomic mass is 10.1. The van der Waals surface area contributed by atoms with Gasteiger partial charge in [0.2, 0.25) is 0 Å². The van der Waals surface area contributed by atoms with Gasteiger partial charge in [-0.05, 0) is 18.4 Å². The lowest BCUT2D eigenvalue weighted by Crippen LogP contribution is -2.34. The van der Waals surface area contributed by atoms with Crippen LogP contribution in [-0.4, -0.2) is 20.5 Å². The van der Waals surface area contributed by atoms with Crippen LogP contribution in [0.25, 0.3) is 0 Å². The Morgan fingerprint density at radius 1 is 1.26 bits per heavy atom. The Hall–Kier alpha value is -0.933. The van der Waals surface area contributed by atoms with Crippen LogP contribution in [0.5, 0.6) is 0 Å². The van der Waals surface area contributed by atoms with Crippen LogP contribution < -0.4 is 0 Å². The van der Waals surface area contributed by atoms with Crippen molar-refractivity contribution in [2.45, 2.75) is 44.6 Å². The molecule has 2 unspecified atom stereocenters. The Morgan fingerprint density at radius 2 is 1.95 bits per heavy atom. The predicted octanol–water partition coefficient (Wildman–Crippen LogP) is 3.99. The van der Waals surface area contributed by atoms with Gasteiger partial charge in [0.1, 0.15) is 5.78 Å². The molecule has 0 aromatic heterocycles. The highest BCUT2D eigenvalue weighted by Crippen LogP contribution is 2.30. The normalized spacial score (nSPS) is 21.6. The molecule has 0 aliphatic heterocycles. The molecule has 0 spiro atoms. The van der Waals surface area contributed by atoms with E-state index in [0.29, 0.717) is 12.4 Å². The first kappa shape index (κ1) is 14.5. The van der Waals surface area contributed by atoms with Crippen LogP contribution in [0.1, 0.15) is 30.6 Å². The monoisotopic (exact) mass is 276 g/mol. The summed E-state index contributed by atoms with van der Waals surface area (Å²) in [5.41, 5.74) is 1.44. The van der Waals surface area contributed by atoms with Crippen molar-refractivity contribution in [1.82, 2.24) is 0 Å². The SMILES string of the molecule is C[Si](C)(C)C(OCC1CCCC1=O)c1ccccc1.